The summed E-state index contributed by atoms with van der Waals surface area (Å²) in [6.07, 6.45) is 2.99. The highest BCUT2D eigenvalue weighted by atomic mass is 16.5. The van der Waals surface area contributed by atoms with Crippen molar-refractivity contribution in [2.75, 3.05) is 33.4 Å². The minimum atomic E-state index is 0.0471. The van der Waals surface area contributed by atoms with E-state index < -0.39 is 0 Å². The molecule has 4 nitrogen and oxygen atoms in total. The molecule has 0 aromatic heterocycles. The quantitative estimate of drug-likeness (QED) is 0.785. The van der Waals surface area contributed by atoms with Crippen LogP contribution in [0.4, 0.5) is 0 Å². The topological polar surface area (TPSA) is 41.6 Å². The summed E-state index contributed by atoms with van der Waals surface area (Å²) in [5.41, 5.74) is 0.0471. The first-order valence-corrected chi connectivity index (χ1v) is 6.92. The van der Waals surface area contributed by atoms with Crippen LogP contribution in [0.15, 0.2) is 0 Å². The molecule has 0 aromatic carbocycles. The molecule has 106 valence electrons. The van der Waals surface area contributed by atoms with Gasteiger partial charge in [-0.1, -0.05) is 20.8 Å². The molecule has 1 saturated heterocycles. The lowest BCUT2D eigenvalue weighted by molar-refractivity contribution is -0.134. The predicted octanol–water partition coefficient (Wildman–Crippen LogP) is 1.65. The third-order valence-electron chi connectivity index (χ3n) is 3.20. The molecule has 1 rings (SSSR count). The molecule has 0 radical (unpaired) electrons. The van der Waals surface area contributed by atoms with Crippen LogP contribution >= 0.6 is 0 Å². The van der Waals surface area contributed by atoms with Crippen molar-refractivity contribution in [1.82, 2.24) is 10.2 Å². The van der Waals surface area contributed by atoms with E-state index in [-0.39, 0.29) is 11.3 Å². The Hall–Kier alpha value is -0.610. The van der Waals surface area contributed by atoms with Gasteiger partial charge >= 0.3 is 0 Å². The van der Waals surface area contributed by atoms with Crippen molar-refractivity contribution in [3.05, 3.63) is 0 Å². The molecule has 1 N–H and O–H groups in total. The highest BCUT2D eigenvalue weighted by Crippen LogP contribution is 2.20. The average Bonchev–Trinajstić information content (AvgIpc) is 2.74. The van der Waals surface area contributed by atoms with Crippen molar-refractivity contribution in [3.63, 3.8) is 0 Å². The van der Waals surface area contributed by atoms with Gasteiger partial charge in [0.2, 0.25) is 5.91 Å². The molecule has 0 aliphatic carbocycles. The monoisotopic (exact) mass is 256 g/mol. The van der Waals surface area contributed by atoms with Gasteiger partial charge in [0.1, 0.15) is 0 Å². The Labute approximate surface area is 111 Å². The Bertz CT molecular complexity index is 255. The van der Waals surface area contributed by atoms with Crippen LogP contribution in [-0.2, 0) is 9.53 Å². The first-order valence-electron chi connectivity index (χ1n) is 6.92. The molecule has 0 saturated carbocycles. The minimum absolute atomic E-state index is 0.0471. The number of methoxy groups -OCH3 is 1. The van der Waals surface area contributed by atoms with Crippen molar-refractivity contribution in [2.45, 2.75) is 46.1 Å². The van der Waals surface area contributed by atoms with Gasteiger partial charge in [0.15, 0.2) is 0 Å². The van der Waals surface area contributed by atoms with Gasteiger partial charge in [0, 0.05) is 32.7 Å². The van der Waals surface area contributed by atoms with Crippen molar-refractivity contribution >= 4 is 5.91 Å². The minimum Gasteiger partial charge on any atom is -0.383 e. The van der Waals surface area contributed by atoms with Gasteiger partial charge in [-0.05, 0) is 24.8 Å². The first kappa shape index (κ1) is 15.4. The Morgan fingerprint density at radius 2 is 2.17 bits per heavy atom. The van der Waals surface area contributed by atoms with Gasteiger partial charge in [-0.3, -0.25) is 4.79 Å². The number of nitrogens with zero attached hydrogens (tertiary/aromatic N) is 1. The number of nitrogens with one attached hydrogen (secondary N) is 1. The smallest absolute Gasteiger partial charge is 0.223 e. The fourth-order valence-corrected chi connectivity index (χ4v) is 2.26. The first-order chi connectivity index (χ1) is 8.42. The van der Waals surface area contributed by atoms with Crippen LogP contribution < -0.4 is 5.32 Å². The summed E-state index contributed by atoms with van der Waals surface area (Å²) in [6.45, 7) is 9.52. The summed E-state index contributed by atoms with van der Waals surface area (Å²) in [7, 11) is 1.68. The fraction of sp³-hybridized carbons (Fsp3) is 0.929. The van der Waals surface area contributed by atoms with Crippen molar-refractivity contribution < 1.29 is 9.53 Å². The summed E-state index contributed by atoms with van der Waals surface area (Å²) in [5.74, 6) is 0.244. The number of carbonyl (C=O) groups excluding carboxylic acids is 1. The summed E-state index contributed by atoms with van der Waals surface area (Å²) in [4.78, 5) is 14.3. The van der Waals surface area contributed by atoms with Gasteiger partial charge in [0.05, 0.1) is 6.61 Å². The summed E-state index contributed by atoms with van der Waals surface area (Å²) in [6, 6.07) is 0.464. The number of ether oxygens (including phenoxy) is 1. The maximum atomic E-state index is 12.3. The van der Waals surface area contributed by atoms with Crippen molar-refractivity contribution in [1.29, 1.82) is 0 Å². The lowest BCUT2D eigenvalue weighted by Gasteiger charge is -2.28. The van der Waals surface area contributed by atoms with Gasteiger partial charge in [0.25, 0.3) is 0 Å². The molecule has 18 heavy (non-hydrogen) atoms. The van der Waals surface area contributed by atoms with E-state index in [0.717, 1.165) is 13.1 Å². The number of hydrogen-bond donors (Lipinski definition) is 1. The SMILES string of the molecule is COCCN(CC1CCCN1)C(=O)CC(C)(C)C. The molecule has 1 aliphatic rings. The van der Waals surface area contributed by atoms with E-state index in [4.69, 9.17) is 4.74 Å². The molecular weight excluding hydrogens is 228 g/mol. The van der Waals surface area contributed by atoms with Gasteiger partial charge in [-0.15, -0.1) is 0 Å². The van der Waals surface area contributed by atoms with Crippen LogP contribution in [0.5, 0.6) is 0 Å². The molecule has 1 fully saturated rings. The zero-order valence-corrected chi connectivity index (χ0v) is 12.3. The van der Waals surface area contributed by atoms with Gasteiger partial charge in [-0.2, -0.15) is 0 Å². The zero-order valence-electron chi connectivity index (χ0n) is 12.3. The molecular formula is C14H28N2O2. The summed E-state index contributed by atoms with van der Waals surface area (Å²) in [5, 5.41) is 3.45. The summed E-state index contributed by atoms with van der Waals surface area (Å²) < 4.78 is 5.10. The Kier molecular flexibility index (Phi) is 6.09. The molecule has 1 aliphatic heterocycles. The summed E-state index contributed by atoms with van der Waals surface area (Å²) >= 11 is 0. The van der Waals surface area contributed by atoms with E-state index in [0.29, 0.717) is 25.6 Å². The van der Waals surface area contributed by atoms with E-state index in [1.54, 1.807) is 7.11 Å². The normalized spacial score (nSPS) is 20.1. The molecule has 1 heterocycles. The number of rotatable bonds is 6. The molecule has 1 amide bonds. The van der Waals surface area contributed by atoms with E-state index in [9.17, 15) is 4.79 Å². The molecule has 1 unspecified atom stereocenters. The maximum absolute atomic E-state index is 12.3. The van der Waals surface area contributed by atoms with Crippen molar-refractivity contribution in [2.24, 2.45) is 5.41 Å². The fourth-order valence-electron chi connectivity index (χ4n) is 2.26. The third-order valence-corrected chi connectivity index (χ3v) is 3.20. The van der Waals surface area contributed by atoms with Gasteiger partial charge in [-0.25, -0.2) is 0 Å². The lowest BCUT2D eigenvalue weighted by Crippen LogP contribution is -2.43. The lowest BCUT2D eigenvalue weighted by atomic mass is 9.91. The Balaban J connectivity index is 2.50. The third kappa shape index (κ3) is 5.83. The van der Waals surface area contributed by atoms with Crippen LogP contribution in [0.3, 0.4) is 0 Å². The highest BCUT2D eigenvalue weighted by Gasteiger charge is 2.24. The highest BCUT2D eigenvalue weighted by molar-refractivity contribution is 5.76. The predicted molar refractivity (Wildman–Crippen MR) is 73.6 cm³/mol. The molecule has 4 heteroatoms. The molecule has 1 atom stereocenters. The van der Waals surface area contributed by atoms with E-state index in [1.165, 1.54) is 12.8 Å². The van der Waals surface area contributed by atoms with Gasteiger partial charge < -0.3 is 15.0 Å². The van der Waals surface area contributed by atoms with Crippen LogP contribution in [-0.4, -0.2) is 50.2 Å². The largest absolute Gasteiger partial charge is 0.383 e. The van der Waals surface area contributed by atoms with E-state index in [2.05, 4.69) is 26.1 Å². The van der Waals surface area contributed by atoms with E-state index >= 15 is 0 Å². The number of carbonyl (C=O) groups is 1. The second-order valence-corrected chi connectivity index (χ2v) is 6.36. The van der Waals surface area contributed by atoms with Crippen molar-refractivity contribution in [3.8, 4) is 0 Å². The molecule has 0 spiro atoms. The Morgan fingerprint density at radius 1 is 1.44 bits per heavy atom. The van der Waals surface area contributed by atoms with E-state index in [1.807, 2.05) is 4.90 Å². The second kappa shape index (κ2) is 7.10. The second-order valence-electron chi connectivity index (χ2n) is 6.36. The van der Waals surface area contributed by atoms with Crippen LogP contribution in [0.1, 0.15) is 40.0 Å². The standard InChI is InChI=1S/C14H28N2O2/c1-14(2,3)10-13(17)16(8-9-18-4)11-12-6-5-7-15-12/h12,15H,5-11H2,1-4H3. The number of hydrogen-bond acceptors (Lipinski definition) is 3. The zero-order chi connectivity index (χ0) is 13.6. The average molecular weight is 256 g/mol. The van der Waals surface area contributed by atoms with Crippen LogP contribution in [0, 0.1) is 5.41 Å². The number of amides is 1. The van der Waals surface area contributed by atoms with Crippen LogP contribution in [0.2, 0.25) is 0 Å². The van der Waals surface area contributed by atoms with Crippen LogP contribution in [0.25, 0.3) is 0 Å². The molecule has 0 bridgehead atoms. The Morgan fingerprint density at radius 3 is 2.67 bits per heavy atom. The maximum Gasteiger partial charge on any atom is 0.223 e. The molecule has 0 aromatic rings.